The van der Waals surface area contributed by atoms with Crippen molar-refractivity contribution in [2.75, 3.05) is 0 Å². The topological polar surface area (TPSA) is 63.6 Å². The first-order valence-corrected chi connectivity index (χ1v) is 6.72. The zero-order chi connectivity index (χ0) is 16.1. The fourth-order valence-corrected chi connectivity index (χ4v) is 1.88. The van der Waals surface area contributed by atoms with Crippen molar-refractivity contribution >= 4 is 11.8 Å². The van der Waals surface area contributed by atoms with Crippen LogP contribution >= 0.6 is 0 Å². The van der Waals surface area contributed by atoms with Crippen molar-refractivity contribution in [3.8, 4) is 0 Å². The standard InChI is InChI=1S/C17H15FO4/c1-11(16(20)13-6-8-15(18)9-7-13)22-17(21)14-4-2-12(10-19)3-5-14/h2-9,11,19H,10H2,1H3. The second kappa shape index (κ2) is 6.95. The van der Waals surface area contributed by atoms with E-state index >= 15 is 0 Å². The molecule has 2 rings (SSSR count). The lowest BCUT2D eigenvalue weighted by atomic mass is 10.1. The number of rotatable bonds is 5. The third-order valence-electron chi connectivity index (χ3n) is 3.15. The summed E-state index contributed by atoms with van der Waals surface area (Å²) in [5, 5.41) is 8.94. The lowest BCUT2D eigenvalue weighted by Crippen LogP contribution is -2.24. The van der Waals surface area contributed by atoms with Crippen LogP contribution < -0.4 is 0 Å². The zero-order valence-electron chi connectivity index (χ0n) is 12.0. The van der Waals surface area contributed by atoms with Gasteiger partial charge < -0.3 is 9.84 Å². The Balaban J connectivity index is 2.03. The van der Waals surface area contributed by atoms with Crippen LogP contribution in [0.15, 0.2) is 48.5 Å². The lowest BCUT2D eigenvalue weighted by Gasteiger charge is -2.12. The Kier molecular flexibility index (Phi) is 5.01. The van der Waals surface area contributed by atoms with Crippen LogP contribution in [0, 0.1) is 5.82 Å². The van der Waals surface area contributed by atoms with E-state index in [0.29, 0.717) is 5.56 Å². The van der Waals surface area contributed by atoms with Crippen LogP contribution in [-0.2, 0) is 11.3 Å². The maximum Gasteiger partial charge on any atom is 0.338 e. The van der Waals surface area contributed by atoms with Gasteiger partial charge >= 0.3 is 5.97 Å². The molecule has 0 radical (unpaired) electrons. The van der Waals surface area contributed by atoms with Crippen molar-refractivity contribution in [1.29, 1.82) is 0 Å². The van der Waals surface area contributed by atoms with E-state index in [0.717, 1.165) is 0 Å². The SMILES string of the molecule is CC(OC(=O)c1ccc(CO)cc1)C(=O)c1ccc(F)cc1. The average molecular weight is 302 g/mol. The number of hydrogen-bond donors (Lipinski definition) is 1. The largest absolute Gasteiger partial charge is 0.451 e. The van der Waals surface area contributed by atoms with E-state index < -0.39 is 23.7 Å². The van der Waals surface area contributed by atoms with Gasteiger partial charge in [0.05, 0.1) is 12.2 Å². The average Bonchev–Trinajstić information content (AvgIpc) is 2.54. The van der Waals surface area contributed by atoms with Gasteiger partial charge in [0, 0.05) is 5.56 Å². The second-order valence-electron chi connectivity index (χ2n) is 4.77. The molecule has 0 spiro atoms. The van der Waals surface area contributed by atoms with Crippen molar-refractivity contribution in [3.05, 3.63) is 71.0 Å². The number of ether oxygens (including phenoxy) is 1. The summed E-state index contributed by atoms with van der Waals surface area (Å²) in [6, 6.07) is 11.3. The van der Waals surface area contributed by atoms with Crippen molar-refractivity contribution in [2.24, 2.45) is 0 Å². The molecule has 2 aromatic rings. The zero-order valence-corrected chi connectivity index (χ0v) is 12.0. The molecule has 0 aliphatic carbocycles. The Labute approximate surface area is 127 Å². The Morgan fingerprint density at radius 1 is 1.05 bits per heavy atom. The number of hydrogen-bond acceptors (Lipinski definition) is 4. The van der Waals surface area contributed by atoms with Crippen molar-refractivity contribution < 1.29 is 23.8 Å². The monoisotopic (exact) mass is 302 g/mol. The second-order valence-corrected chi connectivity index (χ2v) is 4.77. The summed E-state index contributed by atoms with van der Waals surface area (Å²) >= 11 is 0. The van der Waals surface area contributed by atoms with Gasteiger partial charge in [-0.2, -0.15) is 0 Å². The van der Waals surface area contributed by atoms with Crippen LogP contribution in [-0.4, -0.2) is 23.0 Å². The number of benzene rings is 2. The first-order valence-electron chi connectivity index (χ1n) is 6.72. The summed E-state index contributed by atoms with van der Waals surface area (Å²) in [5.41, 5.74) is 1.24. The molecule has 22 heavy (non-hydrogen) atoms. The van der Waals surface area contributed by atoms with E-state index in [9.17, 15) is 14.0 Å². The maximum absolute atomic E-state index is 12.8. The summed E-state index contributed by atoms with van der Waals surface area (Å²) in [4.78, 5) is 24.0. The van der Waals surface area contributed by atoms with E-state index in [-0.39, 0.29) is 17.7 Å². The van der Waals surface area contributed by atoms with E-state index in [1.165, 1.54) is 43.3 Å². The van der Waals surface area contributed by atoms with Gasteiger partial charge in [0.2, 0.25) is 5.78 Å². The fraction of sp³-hybridized carbons (Fsp3) is 0.176. The van der Waals surface area contributed by atoms with Crippen LogP contribution in [0.25, 0.3) is 0 Å². The van der Waals surface area contributed by atoms with Crippen LogP contribution in [0.1, 0.15) is 33.2 Å². The highest BCUT2D eigenvalue weighted by Gasteiger charge is 2.20. The predicted molar refractivity (Wildman–Crippen MR) is 78.0 cm³/mol. The predicted octanol–water partition coefficient (Wildman–Crippen LogP) is 2.75. The van der Waals surface area contributed by atoms with Gasteiger partial charge in [0.1, 0.15) is 5.82 Å². The number of esters is 1. The number of aliphatic hydroxyl groups excluding tert-OH is 1. The van der Waals surface area contributed by atoms with E-state index in [4.69, 9.17) is 9.84 Å². The first kappa shape index (κ1) is 15.9. The van der Waals surface area contributed by atoms with Crippen LogP contribution in [0.4, 0.5) is 4.39 Å². The normalized spacial score (nSPS) is 11.8. The molecule has 5 heteroatoms. The molecule has 2 aromatic carbocycles. The number of aliphatic hydroxyl groups is 1. The Hall–Kier alpha value is -2.53. The minimum Gasteiger partial charge on any atom is -0.451 e. The minimum atomic E-state index is -0.976. The van der Waals surface area contributed by atoms with Crippen molar-refractivity contribution in [2.45, 2.75) is 19.6 Å². The summed E-state index contributed by atoms with van der Waals surface area (Å²) in [6.45, 7) is 1.35. The molecule has 0 saturated carbocycles. The number of Topliss-reactive ketones (excluding diaryl/α,β-unsaturated/α-hetero) is 1. The van der Waals surface area contributed by atoms with E-state index in [2.05, 4.69) is 0 Å². The molecule has 0 aliphatic rings. The van der Waals surface area contributed by atoms with Crippen molar-refractivity contribution in [3.63, 3.8) is 0 Å². The molecule has 1 N–H and O–H groups in total. The van der Waals surface area contributed by atoms with Crippen LogP contribution in [0.5, 0.6) is 0 Å². The number of halogens is 1. The third-order valence-corrected chi connectivity index (χ3v) is 3.15. The highest BCUT2D eigenvalue weighted by molar-refractivity contribution is 6.01. The molecule has 0 bridgehead atoms. The summed E-state index contributed by atoms with van der Waals surface area (Å²) in [6.07, 6.45) is -0.976. The summed E-state index contributed by atoms with van der Waals surface area (Å²) in [7, 11) is 0. The smallest absolute Gasteiger partial charge is 0.338 e. The first-order chi connectivity index (χ1) is 10.5. The van der Waals surface area contributed by atoms with Gasteiger partial charge in [-0.25, -0.2) is 9.18 Å². The van der Waals surface area contributed by atoms with Crippen molar-refractivity contribution in [1.82, 2.24) is 0 Å². The molecule has 1 atom stereocenters. The van der Waals surface area contributed by atoms with Gasteiger partial charge in [-0.3, -0.25) is 4.79 Å². The molecular formula is C17H15FO4. The third kappa shape index (κ3) is 3.77. The number of ketones is 1. The lowest BCUT2D eigenvalue weighted by molar-refractivity contribution is 0.0318. The van der Waals surface area contributed by atoms with Gasteiger partial charge in [0.25, 0.3) is 0 Å². The minimum absolute atomic E-state index is 0.116. The number of carbonyl (C=O) groups is 2. The molecule has 0 saturated heterocycles. The van der Waals surface area contributed by atoms with Gasteiger partial charge in [-0.05, 0) is 48.9 Å². The molecule has 4 nitrogen and oxygen atoms in total. The highest BCUT2D eigenvalue weighted by Crippen LogP contribution is 2.11. The Bertz CT molecular complexity index is 662. The quantitative estimate of drug-likeness (QED) is 0.681. The molecule has 0 aromatic heterocycles. The molecule has 0 amide bonds. The Morgan fingerprint density at radius 3 is 2.14 bits per heavy atom. The van der Waals surface area contributed by atoms with E-state index in [1.54, 1.807) is 12.1 Å². The van der Waals surface area contributed by atoms with Crippen LogP contribution in [0.3, 0.4) is 0 Å². The van der Waals surface area contributed by atoms with Gasteiger partial charge in [-0.1, -0.05) is 12.1 Å². The van der Waals surface area contributed by atoms with Gasteiger partial charge in [-0.15, -0.1) is 0 Å². The number of carbonyl (C=O) groups excluding carboxylic acids is 2. The molecule has 0 aliphatic heterocycles. The highest BCUT2D eigenvalue weighted by atomic mass is 19.1. The summed E-state index contributed by atoms with van der Waals surface area (Å²) < 4.78 is 17.9. The Morgan fingerprint density at radius 2 is 1.59 bits per heavy atom. The van der Waals surface area contributed by atoms with Crippen LogP contribution in [0.2, 0.25) is 0 Å². The van der Waals surface area contributed by atoms with E-state index in [1.807, 2.05) is 0 Å². The molecule has 114 valence electrons. The molecule has 1 unspecified atom stereocenters. The molecule has 0 fully saturated rings. The summed E-state index contributed by atoms with van der Waals surface area (Å²) in [5.74, 6) is -1.47. The maximum atomic E-state index is 12.8. The molecule has 0 heterocycles. The fourth-order valence-electron chi connectivity index (χ4n) is 1.88. The van der Waals surface area contributed by atoms with Gasteiger partial charge in [0.15, 0.2) is 6.10 Å². The molecular weight excluding hydrogens is 287 g/mol.